The largest absolute Gasteiger partial charge is 0.353 e. The molecule has 0 spiro atoms. The molecule has 17 heavy (non-hydrogen) atoms. The number of carbonyl (C=O) groups is 1. The molecule has 0 saturated heterocycles. The summed E-state index contributed by atoms with van der Waals surface area (Å²) in [7, 11) is 1.89. The lowest BCUT2D eigenvalue weighted by Gasteiger charge is -2.22. The summed E-state index contributed by atoms with van der Waals surface area (Å²) in [5.41, 5.74) is 0. The summed E-state index contributed by atoms with van der Waals surface area (Å²) < 4.78 is 0. The summed E-state index contributed by atoms with van der Waals surface area (Å²) >= 11 is 0. The Morgan fingerprint density at radius 2 is 2.00 bits per heavy atom. The summed E-state index contributed by atoms with van der Waals surface area (Å²) in [6, 6.07) is 0.491. The molecular formula is C14H26N2O. The van der Waals surface area contributed by atoms with E-state index in [9.17, 15) is 4.79 Å². The molecule has 2 saturated carbocycles. The first-order valence-corrected chi connectivity index (χ1v) is 7.17. The van der Waals surface area contributed by atoms with Crippen molar-refractivity contribution in [3.63, 3.8) is 0 Å². The number of hydrogen-bond donors (Lipinski definition) is 2. The molecule has 0 aromatic rings. The Morgan fingerprint density at radius 1 is 1.29 bits per heavy atom. The molecule has 3 heteroatoms. The molecule has 2 rings (SSSR count). The summed E-state index contributed by atoms with van der Waals surface area (Å²) in [6.45, 7) is 2.76. The van der Waals surface area contributed by atoms with Crippen molar-refractivity contribution in [1.29, 1.82) is 0 Å². The van der Waals surface area contributed by atoms with Gasteiger partial charge in [-0.25, -0.2) is 0 Å². The standard InChI is InChI=1S/C14H26N2O/c1-10(9-15-2)14(17)16-13-8-12(13)11-6-4-3-5-7-11/h10-13,15H,3-9H2,1-2H3,(H,16,17). The number of amides is 1. The van der Waals surface area contributed by atoms with Crippen LogP contribution in [0.5, 0.6) is 0 Å². The Kier molecular flexibility index (Phi) is 4.43. The highest BCUT2D eigenvalue weighted by Crippen LogP contribution is 2.44. The molecule has 2 aliphatic carbocycles. The Bertz CT molecular complexity index is 261. The van der Waals surface area contributed by atoms with Gasteiger partial charge in [0, 0.05) is 18.5 Å². The second-order valence-electron chi connectivity index (χ2n) is 5.87. The monoisotopic (exact) mass is 238 g/mol. The van der Waals surface area contributed by atoms with Crippen molar-refractivity contribution < 1.29 is 4.79 Å². The SMILES string of the molecule is CNCC(C)C(=O)NC1CC1C1CCCCC1. The zero-order chi connectivity index (χ0) is 12.3. The smallest absolute Gasteiger partial charge is 0.224 e. The average molecular weight is 238 g/mol. The van der Waals surface area contributed by atoms with Gasteiger partial charge in [0.05, 0.1) is 0 Å². The Labute approximate surface area is 105 Å². The molecular weight excluding hydrogens is 212 g/mol. The van der Waals surface area contributed by atoms with Gasteiger partial charge >= 0.3 is 0 Å². The van der Waals surface area contributed by atoms with Crippen molar-refractivity contribution >= 4 is 5.91 Å². The first kappa shape index (κ1) is 12.9. The van der Waals surface area contributed by atoms with Crippen molar-refractivity contribution in [2.24, 2.45) is 17.8 Å². The first-order valence-electron chi connectivity index (χ1n) is 7.17. The zero-order valence-corrected chi connectivity index (χ0v) is 11.2. The third-order valence-corrected chi connectivity index (χ3v) is 4.38. The van der Waals surface area contributed by atoms with Crippen LogP contribution in [0.3, 0.4) is 0 Å². The molecule has 3 atom stereocenters. The molecule has 0 bridgehead atoms. The minimum Gasteiger partial charge on any atom is -0.353 e. The fourth-order valence-corrected chi connectivity index (χ4v) is 3.19. The first-order chi connectivity index (χ1) is 8.22. The van der Waals surface area contributed by atoms with Gasteiger partial charge in [-0.1, -0.05) is 39.0 Å². The van der Waals surface area contributed by atoms with Gasteiger partial charge < -0.3 is 10.6 Å². The van der Waals surface area contributed by atoms with Gasteiger partial charge in [0.25, 0.3) is 0 Å². The minimum absolute atomic E-state index is 0.0904. The average Bonchev–Trinajstić information content (AvgIpc) is 3.10. The summed E-state index contributed by atoms with van der Waals surface area (Å²) in [5, 5.41) is 6.26. The maximum Gasteiger partial charge on any atom is 0.224 e. The van der Waals surface area contributed by atoms with E-state index in [1.165, 1.54) is 38.5 Å². The highest BCUT2D eigenvalue weighted by Gasteiger charge is 2.43. The Balaban J connectivity index is 1.70. The number of rotatable bonds is 5. The summed E-state index contributed by atoms with van der Waals surface area (Å²) in [4.78, 5) is 11.9. The molecule has 0 aliphatic heterocycles. The van der Waals surface area contributed by atoms with Gasteiger partial charge in [-0.15, -0.1) is 0 Å². The predicted molar refractivity (Wildman–Crippen MR) is 69.7 cm³/mol. The van der Waals surface area contributed by atoms with Gasteiger partial charge in [-0.3, -0.25) is 4.79 Å². The second-order valence-corrected chi connectivity index (χ2v) is 5.87. The number of nitrogens with one attached hydrogen (secondary N) is 2. The molecule has 1 amide bonds. The van der Waals surface area contributed by atoms with Gasteiger partial charge in [0.2, 0.25) is 5.91 Å². The van der Waals surface area contributed by atoms with E-state index in [0.717, 1.165) is 18.4 Å². The van der Waals surface area contributed by atoms with Crippen LogP contribution >= 0.6 is 0 Å². The maximum absolute atomic E-state index is 11.9. The Morgan fingerprint density at radius 3 is 2.65 bits per heavy atom. The quantitative estimate of drug-likeness (QED) is 0.768. The van der Waals surface area contributed by atoms with Crippen LogP contribution in [-0.4, -0.2) is 25.5 Å². The molecule has 3 nitrogen and oxygen atoms in total. The third-order valence-electron chi connectivity index (χ3n) is 4.38. The lowest BCUT2D eigenvalue weighted by molar-refractivity contribution is -0.124. The van der Waals surface area contributed by atoms with E-state index in [-0.39, 0.29) is 11.8 Å². The third kappa shape index (κ3) is 3.44. The molecule has 0 radical (unpaired) electrons. The maximum atomic E-state index is 11.9. The van der Waals surface area contributed by atoms with Crippen LogP contribution in [-0.2, 0) is 4.79 Å². The molecule has 98 valence electrons. The summed E-state index contributed by atoms with van der Waals surface area (Å²) in [6.07, 6.45) is 8.23. The number of carbonyl (C=O) groups excluding carboxylic acids is 1. The van der Waals surface area contributed by atoms with Gasteiger partial charge in [0.1, 0.15) is 0 Å². The number of hydrogen-bond acceptors (Lipinski definition) is 2. The van der Waals surface area contributed by atoms with E-state index in [1.807, 2.05) is 14.0 Å². The van der Waals surface area contributed by atoms with Crippen LogP contribution in [0.2, 0.25) is 0 Å². The molecule has 0 heterocycles. The highest BCUT2D eigenvalue weighted by molar-refractivity contribution is 5.79. The fraction of sp³-hybridized carbons (Fsp3) is 0.929. The van der Waals surface area contributed by atoms with E-state index >= 15 is 0 Å². The lowest BCUT2D eigenvalue weighted by Crippen LogP contribution is -2.36. The zero-order valence-electron chi connectivity index (χ0n) is 11.2. The summed E-state index contributed by atoms with van der Waals surface area (Å²) in [5.74, 6) is 2.00. The molecule has 2 fully saturated rings. The van der Waals surface area contributed by atoms with Crippen molar-refractivity contribution in [3.05, 3.63) is 0 Å². The second kappa shape index (κ2) is 5.85. The van der Waals surface area contributed by atoms with E-state index in [4.69, 9.17) is 0 Å². The van der Waals surface area contributed by atoms with Crippen molar-refractivity contribution in [2.75, 3.05) is 13.6 Å². The molecule has 0 aromatic heterocycles. The van der Waals surface area contributed by atoms with Gasteiger partial charge in [0.15, 0.2) is 0 Å². The van der Waals surface area contributed by atoms with E-state index in [0.29, 0.717) is 6.04 Å². The highest BCUT2D eigenvalue weighted by atomic mass is 16.2. The van der Waals surface area contributed by atoms with Gasteiger partial charge in [-0.2, -0.15) is 0 Å². The van der Waals surface area contributed by atoms with Crippen LogP contribution in [0.4, 0.5) is 0 Å². The molecule has 3 unspecified atom stereocenters. The topological polar surface area (TPSA) is 41.1 Å². The van der Waals surface area contributed by atoms with Crippen LogP contribution in [0.25, 0.3) is 0 Å². The van der Waals surface area contributed by atoms with Crippen LogP contribution < -0.4 is 10.6 Å². The van der Waals surface area contributed by atoms with E-state index in [2.05, 4.69) is 10.6 Å². The fourth-order valence-electron chi connectivity index (χ4n) is 3.19. The van der Waals surface area contributed by atoms with E-state index < -0.39 is 0 Å². The molecule has 2 aliphatic rings. The lowest BCUT2D eigenvalue weighted by atomic mass is 9.85. The molecule has 2 N–H and O–H groups in total. The van der Waals surface area contributed by atoms with Crippen molar-refractivity contribution in [3.8, 4) is 0 Å². The van der Waals surface area contributed by atoms with Gasteiger partial charge in [-0.05, 0) is 25.3 Å². The predicted octanol–water partition coefficient (Wildman–Crippen LogP) is 1.93. The Hall–Kier alpha value is -0.570. The normalized spacial score (nSPS) is 30.9. The van der Waals surface area contributed by atoms with Crippen molar-refractivity contribution in [2.45, 2.75) is 51.5 Å². The van der Waals surface area contributed by atoms with E-state index in [1.54, 1.807) is 0 Å². The van der Waals surface area contributed by atoms with Crippen LogP contribution in [0, 0.1) is 17.8 Å². The van der Waals surface area contributed by atoms with Crippen molar-refractivity contribution in [1.82, 2.24) is 10.6 Å². The minimum atomic E-state index is 0.0904. The van der Waals surface area contributed by atoms with Crippen LogP contribution in [0.15, 0.2) is 0 Å². The van der Waals surface area contributed by atoms with Crippen LogP contribution in [0.1, 0.15) is 45.4 Å². The molecule has 0 aromatic carbocycles.